The van der Waals surface area contributed by atoms with Crippen LogP contribution in [0.1, 0.15) is 25.3 Å². The van der Waals surface area contributed by atoms with Crippen molar-refractivity contribution in [2.45, 2.75) is 32.4 Å². The number of aromatic nitrogens is 2. The molecule has 1 amide bonds. The number of hydrogen-bond acceptors (Lipinski definition) is 3. The van der Waals surface area contributed by atoms with E-state index >= 15 is 0 Å². The largest absolute Gasteiger partial charge is 0.341 e. The molecule has 0 aromatic carbocycles. The fraction of sp³-hybridized carbons (Fsp3) is 0.600. The topological polar surface area (TPSA) is 75.0 Å². The molecular weight excluding hydrogens is 192 g/mol. The van der Waals surface area contributed by atoms with Crippen LogP contribution in [0.4, 0.5) is 0 Å². The molecule has 0 aliphatic carbocycles. The van der Waals surface area contributed by atoms with Crippen LogP contribution in [0.5, 0.6) is 0 Å². The van der Waals surface area contributed by atoms with Gasteiger partial charge in [-0.25, -0.2) is 0 Å². The second-order valence-corrected chi connectivity index (χ2v) is 3.87. The molecule has 1 aromatic rings. The van der Waals surface area contributed by atoms with Crippen LogP contribution in [0.15, 0.2) is 12.4 Å². The molecule has 0 aliphatic heterocycles. The second kappa shape index (κ2) is 5.50. The van der Waals surface area contributed by atoms with Crippen LogP contribution in [-0.4, -0.2) is 34.1 Å². The molecule has 1 aromatic heterocycles. The van der Waals surface area contributed by atoms with E-state index in [9.17, 15) is 4.79 Å². The first-order valence-corrected chi connectivity index (χ1v) is 5.07. The molecular formula is C10H18N4O. The van der Waals surface area contributed by atoms with Crippen LogP contribution in [0.2, 0.25) is 0 Å². The maximum Gasteiger partial charge on any atom is 0.222 e. The maximum atomic E-state index is 11.6. The van der Waals surface area contributed by atoms with Crippen LogP contribution in [0, 0.1) is 0 Å². The summed E-state index contributed by atoms with van der Waals surface area (Å²) in [4.78, 5) is 13.3. The molecule has 0 bridgehead atoms. The predicted octanol–water partition coefficient (Wildman–Crippen LogP) is 0.495. The predicted molar refractivity (Wildman–Crippen MR) is 57.9 cm³/mol. The fourth-order valence-electron chi connectivity index (χ4n) is 1.27. The smallest absolute Gasteiger partial charge is 0.222 e. The van der Waals surface area contributed by atoms with Gasteiger partial charge in [-0.3, -0.25) is 9.89 Å². The standard InChI is InChI=1S/C10H18N4O/c1-8(11)3-4-10(15)14(2)7-9-5-12-13-6-9/h5-6,8H,3-4,7,11H2,1-2H3,(H,12,13). The number of nitrogens with one attached hydrogen (secondary N) is 1. The van der Waals surface area contributed by atoms with Gasteiger partial charge >= 0.3 is 0 Å². The van der Waals surface area contributed by atoms with Crippen molar-refractivity contribution in [1.82, 2.24) is 15.1 Å². The van der Waals surface area contributed by atoms with Gasteiger partial charge in [0.2, 0.25) is 5.91 Å². The first-order chi connectivity index (χ1) is 7.09. The summed E-state index contributed by atoms with van der Waals surface area (Å²) in [5, 5.41) is 6.54. The molecule has 0 aliphatic rings. The Hall–Kier alpha value is -1.36. The molecule has 5 nitrogen and oxygen atoms in total. The van der Waals surface area contributed by atoms with Crippen molar-refractivity contribution in [3.63, 3.8) is 0 Å². The van der Waals surface area contributed by atoms with Crippen molar-refractivity contribution in [3.05, 3.63) is 18.0 Å². The third-order valence-corrected chi connectivity index (χ3v) is 2.21. The Morgan fingerprint density at radius 3 is 3.00 bits per heavy atom. The van der Waals surface area contributed by atoms with E-state index in [0.29, 0.717) is 13.0 Å². The average molecular weight is 210 g/mol. The van der Waals surface area contributed by atoms with Gasteiger partial charge in [0.1, 0.15) is 0 Å². The molecule has 0 radical (unpaired) electrons. The molecule has 5 heteroatoms. The number of nitrogens with zero attached hydrogens (tertiary/aromatic N) is 2. The Balaban J connectivity index is 2.33. The van der Waals surface area contributed by atoms with Gasteiger partial charge < -0.3 is 10.6 Å². The molecule has 0 fully saturated rings. The summed E-state index contributed by atoms with van der Waals surface area (Å²) in [6.45, 7) is 2.50. The van der Waals surface area contributed by atoms with Gasteiger partial charge in [-0.1, -0.05) is 0 Å². The van der Waals surface area contributed by atoms with Crippen LogP contribution in [0.3, 0.4) is 0 Å². The van der Waals surface area contributed by atoms with Gasteiger partial charge in [0, 0.05) is 37.8 Å². The summed E-state index contributed by atoms with van der Waals surface area (Å²) < 4.78 is 0. The lowest BCUT2D eigenvalue weighted by Gasteiger charge is -2.16. The quantitative estimate of drug-likeness (QED) is 0.743. The normalized spacial score (nSPS) is 12.5. The highest BCUT2D eigenvalue weighted by atomic mass is 16.2. The van der Waals surface area contributed by atoms with E-state index in [2.05, 4.69) is 10.2 Å². The molecule has 0 saturated heterocycles. The van der Waals surface area contributed by atoms with Crippen molar-refractivity contribution >= 4 is 5.91 Å². The van der Waals surface area contributed by atoms with E-state index in [0.717, 1.165) is 12.0 Å². The molecule has 15 heavy (non-hydrogen) atoms. The van der Waals surface area contributed by atoms with E-state index < -0.39 is 0 Å². The third kappa shape index (κ3) is 4.12. The first-order valence-electron chi connectivity index (χ1n) is 5.07. The van der Waals surface area contributed by atoms with Crippen molar-refractivity contribution in [2.75, 3.05) is 7.05 Å². The highest BCUT2D eigenvalue weighted by Gasteiger charge is 2.10. The van der Waals surface area contributed by atoms with E-state index in [1.807, 2.05) is 6.92 Å². The minimum atomic E-state index is 0.0799. The summed E-state index contributed by atoms with van der Waals surface area (Å²) in [5.41, 5.74) is 6.60. The Morgan fingerprint density at radius 2 is 2.47 bits per heavy atom. The van der Waals surface area contributed by atoms with Crippen LogP contribution >= 0.6 is 0 Å². The van der Waals surface area contributed by atoms with Crippen molar-refractivity contribution < 1.29 is 4.79 Å². The van der Waals surface area contributed by atoms with Gasteiger partial charge in [-0.15, -0.1) is 0 Å². The lowest BCUT2D eigenvalue weighted by atomic mass is 10.2. The van der Waals surface area contributed by atoms with Crippen molar-refractivity contribution in [2.24, 2.45) is 5.73 Å². The Kier molecular flexibility index (Phi) is 4.30. The summed E-state index contributed by atoms with van der Waals surface area (Å²) in [7, 11) is 1.79. The second-order valence-electron chi connectivity index (χ2n) is 3.87. The number of carbonyl (C=O) groups excluding carboxylic acids is 1. The first kappa shape index (κ1) is 11.7. The Labute approximate surface area is 89.6 Å². The number of H-pyrrole nitrogens is 1. The van der Waals surface area contributed by atoms with Crippen molar-refractivity contribution in [3.8, 4) is 0 Å². The minimum Gasteiger partial charge on any atom is -0.341 e. The zero-order chi connectivity index (χ0) is 11.3. The number of nitrogens with two attached hydrogens (primary N) is 1. The molecule has 1 rings (SSSR count). The van der Waals surface area contributed by atoms with E-state index in [1.165, 1.54) is 0 Å². The van der Waals surface area contributed by atoms with E-state index in [1.54, 1.807) is 24.3 Å². The molecule has 84 valence electrons. The highest BCUT2D eigenvalue weighted by molar-refractivity contribution is 5.75. The van der Waals surface area contributed by atoms with Gasteiger partial charge in [0.05, 0.1) is 6.20 Å². The zero-order valence-electron chi connectivity index (χ0n) is 9.23. The molecule has 3 N–H and O–H groups in total. The van der Waals surface area contributed by atoms with Gasteiger partial charge in [-0.05, 0) is 13.3 Å². The van der Waals surface area contributed by atoms with Crippen LogP contribution in [-0.2, 0) is 11.3 Å². The number of hydrogen-bond donors (Lipinski definition) is 2. The Morgan fingerprint density at radius 1 is 1.73 bits per heavy atom. The van der Waals surface area contributed by atoms with Gasteiger partial charge in [0.15, 0.2) is 0 Å². The maximum absolute atomic E-state index is 11.6. The summed E-state index contributed by atoms with van der Waals surface area (Å²) in [5.74, 6) is 0.119. The van der Waals surface area contributed by atoms with Crippen LogP contribution < -0.4 is 5.73 Å². The average Bonchev–Trinajstić information content (AvgIpc) is 2.66. The monoisotopic (exact) mass is 210 g/mol. The van der Waals surface area contributed by atoms with E-state index in [-0.39, 0.29) is 11.9 Å². The van der Waals surface area contributed by atoms with Gasteiger partial charge in [-0.2, -0.15) is 5.10 Å². The van der Waals surface area contributed by atoms with E-state index in [4.69, 9.17) is 5.73 Å². The lowest BCUT2D eigenvalue weighted by molar-refractivity contribution is -0.130. The molecule has 1 unspecified atom stereocenters. The Bertz CT molecular complexity index is 294. The summed E-state index contributed by atoms with van der Waals surface area (Å²) in [6.07, 6.45) is 4.74. The molecule has 1 heterocycles. The van der Waals surface area contributed by atoms with Crippen molar-refractivity contribution in [1.29, 1.82) is 0 Å². The zero-order valence-corrected chi connectivity index (χ0v) is 9.23. The summed E-state index contributed by atoms with van der Waals surface area (Å²) >= 11 is 0. The number of carbonyl (C=O) groups is 1. The summed E-state index contributed by atoms with van der Waals surface area (Å²) in [6, 6.07) is 0.0799. The number of aromatic amines is 1. The SMILES string of the molecule is CC(N)CCC(=O)N(C)Cc1cn[nH]c1. The van der Waals surface area contributed by atoms with Gasteiger partial charge in [0.25, 0.3) is 0 Å². The third-order valence-electron chi connectivity index (χ3n) is 2.21. The fourth-order valence-corrected chi connectivity index (χ4v) is 1.27. The molecule has 0 spiro atoms. The minimum absolute atomic E-state index is 0.0799. The number of amides is 1. The highest BCUT2D eigenvalue weighted by Crippen LogP contribution is 2.03. The lowest BCUT2D eigenvalue weighted by Crippen LogP contribution is -2.27. The number of rotatable bonds is 5. The van der Waals surface area contributed by atoms with Crippen LogP contribution in [0.25, 0.3) is 0 Å². The molecule has 1 atom stereocenters. The molecule has 0 saturated carbocycles.